The van der Waals surface area contributed by atoms with Gasteiger partial charge in [-0.15, -0.1) is 0 Å². The number of fused-ring (bicyclic) bond motifs is 8. The maximum Gasteiger partial charge on any atom is 0.407 e. The van der Waals surface area contributed by atoms with E-state index in [2.05, 4.69) is 17.5 Å². The van der Waals surface area contributed by atoms with Crippen LogP contribution in [0.15, 0.2) is 60.7 Å². The summed E-state index contributed by atoms with van der Waals surface area (Å²) in [5.41, 5.74) is 4.39. The van der Waals surface area contributed by atoms with Crippen molar-refractivity contribution in [2.45, 2.75) is 37.6 Å². The summed E-state index contributed by atoms with van der Waals surface area (Å²) in [7, 11) is 0. The van der Waals surface area contributed by atoms with Crippen LogP contribution >= 0.6 is 0 Å². The molecule has 1 saturated heterocycles. The number of carboxylic acid groups (broad SMARTS) is 1. The number of aliphatic carboxylic acids is 1. The summed E-state index contributed by atoms with van der Waals surface area (Å²) in [5.74, 6) is -1.56. The first-order valence-electron chi connectivity index (χ1n) is 13.3. The van der Waals surface area contributed by atoms with E-state index < -0.39 is 18.1 Å². The van der Waals surface area contributed by atoms with Gasteiger partial charge in [-0.1, -0.05) is 60.7 Å². The number of hydrogen-bond acceptors (Lipinski definition) is 5. The number of rotatable bonds is 9. The Morgan fingerprint density at radius 3 is 2.08 bits per heavy atom. The molecule has 0 unspecified atom stereocenters. The van der Waals surface area contributed by atoms with Crippen molar-refractivity contribution < 1.29 is 29.0 Å². The Morgan fingerprint density at radius 1 is 0.921 bits per heavy atom. The average Bonchev–Trinajstić information content (AvgIpc) is 3.67. The monoisotopic (exact) mass is 514 g/mol. The quantitative estimate of drug-likeness (QED) is 0.298. The van der Waals surface area contributed by atoms with Gasteiger partial charge < -0.3 is 15.2 Å². The van der Waals surface area contributed by atoms with Gasteiger partial charge in [0.05, 0.1) is 11.8 Å². The largest absolute Gasteiger partial charge is 0.480 e. The Hall–Kier alpha value is -3.94. The van der Waals surface area contributed by atoms with Crippen molar-refractivity contribution in [3.8, 4) is 11.1 Å². The molecule has 8 heteroatoms. The van der Waals surface area contributed by atoms with Gasteiger partial charge in [-0.3, -0.25) is 14.5 Å². The summed E-state index contributed by atoms with van der Waals surface area (Å²) in [5, 5.41) is 12.1. The molecule has 0 spiro atoms. The molecule has 1 heterocycles. The minimum Gasteiger partial charge on any atom is -0.480 e. The van der Waals surface area contributed by atoms with Gasteiger partial charge in [-0.25, -0.2) is 9.59 Å². The second kappa shape index (κ2) is 9.74. The normalized spacial score (nSPS) is 25.3. The van der Waals surface area contributed by atoms with E-state index in [1.54, 1.807) is 0 Å². The summed E-state index contributed by atoms with van der Waals surface area (Å²) in [6.07, 6.45) is 5.34. The molecule has 0 aromatic heterocycles. The van der Waals surface area contributed by atoms with Gasteiger partial charge in [0.2, 0.25) is 11.8 Å². The summed E-state index contributed by atoms with van der Waals surface area (Å²) < 4.78 is 5.49. The molecule has 0 radical (unpaired) electrons. The van der Waals surface area contributed by atoms with E-state index in [9.17, 15) is 24.3 Å². The Balaban J connectivity index is 0.994. The van der Waals surface area contributed by atoms with E-state index in [1.165, 1.54) is 4.90 Å². The number of carbonyl (C=O) groups excluding carboxylic acids is 3. The van der Waals surface area contributed by atoms with Crippen LogP contribution in [0.2, 0.25) is 0 Å². The fraction of sp³-hybridized carbons (Fsp3) is 0.400. The van der Waals surface area contributed by atoms with Gasteiger partial charge >= 0.3 is 12.1 Å². The Bertz CT molecular complexity index is 1260. The molecule has 6 rings (SSSR count). The van der Waals surface area contributed by atoms with Gasteiger partial charge in [-0.05, 0) is 59.8 Å². The van der Waals surface area contributed by atoms with Crippen molar-refractivity contribution in [1.29, 1.82) is 0 Å². The fourth-order valence-corrected chi connectivity index (χ4v) is 6.84. The zero-order valence-electron chi connectivity index (χ0n) is 20.9. The molecular formula is C30H30N2O6. The second-order valence-electron chi connectivity index (χ2n) is 10.7. The van der Waals surface area contributed by atoms with E-state index in [4.69, 9.17) is 4.74 Å². The minimum absolute atomic E-state index is 0.0941. The highest BCUT2D eigenvalue weighted by Crippen LogP contribution is 2.52. The number of allylic oxidation sites excluding steroid dienone is 2. The van der Waals surface area contributed by atoms with Gasteiger partial charge in [-0.2, -0.15) is 0 Å². The van der Waals surface area contributed by atoms with Crippen LogP contribution in [-0.2, 0) is 19.1 Å². The number of nitrogens with one attached hydrogen (secondary N) is 1. The highest BCUT2D eigenvalue weighted by Gasteiger charge is 2.58. The lowest BCUT2D eigenvalue weighted by atomic mass is 9.85. The summed E-state index contributed by atoms with van der Waals surface area (Å²) in [4.78, 5) is 51.3. The molecule has 4 aliphatic rings. The molecule has 2 aromatic carbocycles. The molecule has 5 atom stereocenters. The molecular weight excluding hydrogens is 484 g/mol. The van der Waals surface area contributed by atoms with Crippen LogP contribution in [0.1, 0.15) is 42.7 Å². The number of carbonyl (C=O) groups is 4. The number of nitrogens with zero attached hydrogens (tertiary/aromatic N) is 1. The zero-order valence-corrected chi connectivity index (χ0v) is 20.9. The molecule has 8 nitrogen and oxygen atoms in total. The lowest BCUT2D eigenvalue weighted by Crippen LogP contribution is -2.41. The van der Waals surface area contributed by atoms with Gasteiger partial charge in [0.1, 0.15) is 12.6 Å². The molecule has 2 bridgehead atoms. The number of unbranched alkanes of at least 4 members (excludes halogenated alkanes) is 1. The van der Waals surface area contributed by atoms with Crippen molar-refractivity contribution in [3.05, 3.63) is 71.8 Å². The fourth-order valence-electron chi connectivity index (χ4n) is 6.84. The number of hydrogen-bond donors (Lipinski definition) is 2. The predicted octanol–water partition coefficient (Wildman–Crippen LogP) is 3.96. The summed E-state index contributed by atoms with van der Waals surface area (Å²) >= 11 is 0. The van der Waals surface area contributed by atoms with E-state index in [0.29, 0.717) is 12.8 Å². The van der Waals surface area contributed by atoms with Gasteiger partial charge in [0.25, 0.3) is 0 Å². The van der Waals surface area contributed by atoms with E-state index in [0.717, 1.165) is 28.7 Å². The zero-order chi connectivity index (χ0) is 26.4. The predicted molar refractivity (Wildman–Crippen MR) is 138 cm³/mol. The third-order valence-electron chi connectivity index (χ3n) is 8.62. The SMILES string of the molecule is O=C(N[C@@H](CCCCN1C(=O)[C@@H]2[C@H](C1=O)[C@H]1C=C[C@@H]2C1)C(=O)O)OCC1c2ccccc2-c2ccccc21. The lowest BCUT2D eigenvalue weighted by Gasteiger charge is -2.19. The highest BCUT2D eigenvalue weighted by molar-refractivity contribution is 6.06. The molecule has 196 valence electrons. The van der Waals surface area contributed by atoms with Crippen molar-refractivity contribution >= 4 is 23.9 Å². The van der Waals surface area contributed by atoms with Crippen molar-refractivity contribution in [2.75, 3.05) is 13.2 Å². The number of benzene rings is 2. The third kappa shape index (κ3) is 4.08. The lowest BCUT2D eigenvalue weighted by molar-refractivity contribution is -0.142. The first-order valence-corrected chi connectivity index (χ1v) is 13.3. The van der Waals surface area contributed by atoms with Gasteiger partial charge in [0, 0.05) is 12.5 Å². The van der Waals surface area contributed by atoms with Crippen LogP contribution in [0, 0.1) is 23.7 Å². The maximum absolute atomic E-state index is 12.8. The van der Waals surface area contributed by atoms with Crippen molar-refractivity contribution in [1.82, 2.24) is 10.2 Å². The highest BCUT2D eigenvalue weighted by atomic mass is 16.5. The van der Waals surface area contributed by atoms with Crippen LogP contribution in [0.4, 0.5) is 4.79 Å². The third-order valence-corrected chi connectivity index (χ3v) is 8.62. The maximum atomic E-state index is 12.8. The number of likely N-dealkylation sites (tertiary alicyclic amines) is 1. The first kappa shape index (κ1) is 24.4. The van der Waals surface area contributed by atoms with Crippen LogP contribution in [0.25, 0.3) is 11.1 Å². The van der Waals surface area contributed by atoms with Crippen molar-refractivity contribution in [3.63, 3.8) is 0 Å². The topological polar surface area (TPSA) is 113 Å². The average molecular weight is 515 g/mol. The molecule has 38 heavy (non-hydrogen) atoms. The number of alkyl carbamates (subject to hydrolysis) is 1. The van der Waals surface area contributed by atoms with Crippen LogP contribution in [-0.4, -0.2) is 53.1 Å². The summed E-state index contributed by atoms with van der Waals surface area (Å²) in [6.45, 7) is 0.381. The first-order chi connectivity index (χ1) is 18.4. The minimum atomic E-state index is -1.15. The molecule has 2 fully saturated rings. The van der Waals surface area contributed by atoms with Crippen LogP contribution < -0.4 is 5.32 Å². The molecule has 1 aliphatic heterocycles. The standard InChI is InChI=1S/C30H30N2O6/c33-27-25-17-12-13-18(15-17)26(25)28(34)32(27)14-6-5-11-24(29(35)36)31-30(37)38-16-23-21-9-3-1-7-19(21)20-8-2-4-10-22(20)23/h1-4,7-10,12-13,17-18,23-26H,5-6,11,14-16H2,(H,31,37)(H,35,36)/t17-,18+,24-,25+,26-/m0/s1. The molecule has 2 aromatic rings. The number of carboxylic acids is 1. The Labute approximate surface area is 220 Å². The van der Waals surface area contributed by atoms with Crippen molar-refractivity contribution in [2.24, 2.45) is 23.7 Å². The van der Waals surface area contributed by atoms with E-state index >= 15 is 0 Å². The number of imide groups is 1. The number of ether oxygens (including phenoxy) is 1. The molecule has 3 aliphatic carbocycles. The van der Waals surface area contributed by atoms with Crippen LogP contribution in [0.5, 0.6) is 0 Å². The molecule has 1 saturated carbocycles. The van der Waals surface area contributed by atoms with Gasteiger partial charge in [0.15, 0.2) is 0 Å². The summed E-state index contributed by atoms with van der Waals surface area (Å²) in [6, 6.07) is 14.9. The van der Waals surface area contributed by atoms with Crippen LogP contribution in [0.3, 0.4) is 0 Å². The Kier molecular flexibility index (Phi) is 6.26. The smallest absolute Gasteiger partial charge is 0.407 e. The van der Waals surface area contributed by atoms with E-state index in [-0.39, 0.29) is 61.0 Å². The molecule has 3 amide bonds. The molecule has 2 N–H and O–H groups in total. The van der Waals surface area contributed by atoms with E-state index in [1.807, 2.05) is 48.5 Å². The number of amides is 3. The second-order valence-corrected chi connectivity index (χ2v) is 10.7. The Morgan fingerprint density at radius 2 is 1.50 bits per heavy atom.